The van der Waals surface area contributed by atoms with Gasteiger partial charge in [0.15, 0.2) is 23.9 Å². The Morgan fingerprint density at radius 1 is 1.20 bits per heavy atom. The molecular weight excluding hydrogens is 388 g/mol. The molecule has 0 aromatic heterocycles. The lowest BCUT2D eigenvalue weighted by Gasteiger charge is -2.25. The molecule has 0 amide bonds. The summed E-state index contributed by atoms with van der Waals surface area (Å²) in [7, 11) is 1.55. The third-order valence-corrected chi connectivity index (χ3v) is 5.48. The van der Waals surface area contributed by atoms with Gasteiger partial charge in [-0.1, -0.05) is 18.2 Å². The van der Waals surface area contributed by atoms with Gasteiger partial charge in [0, 0.05) is 11.1 Å². The number of ether oxygens (including phenoxy) is 5. The molecule has 0 N–H and O–H groups in total. The second kappa shape index (κ2) is 8.81. The van der Waals surface area contributed by atoms with Gasteiger partial charge in [-0.25, -0.2) is 4.79 Å². The van der Waals surface area contributed by atoms with Crippen LogP contribution in [-0.2, 0) is 19.1 Å². The van der Waals surface area contributed by atoms with Gasteiger partial charge in [0.2, 0.25) is 5.75 Å². The number of fused-ring (bicyclic) bond motifs is 1. The van der Waals surface area contributed by atoms with Crippen LogP contribution in [0.5, 0.6) is 17.2 Å². The number of Topliss-reactive ketones (excluding diaryl/α,β-unsaturated/α-hetero) is 1. The van der Waals surface area contributed by atoms with Crippen molar-refractivity contribution in [1.29, 1.82) is 0 Å². The molecule has 0 saturated heterocycles. The van der Waals surface area contributed by atoms with Crippen LogP contribution in [0.25, 0.3) is 0 Å². The first-order valence-corrected chi connectivity index (χ1v) is 10.3. The first-order valence-electron chi connectivity index (χ1n) is 10.3. The molecule has 1 saturated carbocycles. The molecule has 7 nitrogen and oxygen atoms in total. The highest BCUT2D eigenvalue weighted by Crippen LogP contribution is 2.46. The van der Waals surface area contributed by atoms with Gasteiger partial charge in [0.25, 0.3) is 0 Å². The highest BCUT2D eigenvalue weighted by Gasteiger charge is 2.37. The number of benzene rings is 1. The Balaban J connectivity index is 1.69. The van der Waals surface area contributed by atoms with E-state index < -0.39 is 11.9 Å². The maximum Gasteiger partial charge on any atom is 0.344 e. The van der Waals surface area contributed by atoms with Gasteiger partial charge in [-0.05, 0) is 31.7 Å². The minimum atomic E-state index is -0.528. The van der Waals surface area contributed by atoms with Crippen molar-refractivity contribution in [2.45, 2.75) is 25.7 Å². The summed E-state index contributed by atoms with van der Waals surface area (Å²) < 4.78 is 27.7. The maximum atomic E-state index is 13.2. The average molecular weight is 414 g/mol. The van der Waals surface area contributed by atoms with Crippen LogP contribution in [0, 0.1) is 11.8 Å². The Morgan fingerprint density at radius 2 is 2.03 bits per heavy atom. The van der Waals surface area contributed by atoms with Gasteiger partial charge < -0.3 is 23.7 Å². The normalized spacial score (nSPS) is 22.1. The SMILES string of the molecule is CCOC(=O)COc1c(C2C=CC3=COCC3C2=O)ccc(OC)c1OCC1CC1. The van der Waals surface area contributed by atoms with E-state index in [-0.39, 0.29) is 24.9 Å². The molecule has 1 heterocycles. The number of carbonyl (C=O) groups excluding carboxylic acids is 2. The molecule has 3 aliphatic rings. The summed E-state index contributed by atoms with van der Waals surface area (Å²) in [5.41, 5.74) is 1.52. The predicted octanol–water partition coefficient (Wildman–Crippen LogP) is 3.18. The fourth-order valence-electron chi connectivity index (χ4n) is 3.67. The molecule has 1 aromatic carbocycles. The molecule has 30 heavy (non-hydrogen) atoms. The zero-order valence-electron chi connectivity index (χ0n) is 17.2. The quantitative estimate of drug-likeness (QED) is 0.574. The number of methoxy groups -OCH3 is 1. The lowest BCUT2D eigenvalue weighted by molar-refractivity contribution is -0.145. The van der Waals surface area contributed by atoms with Gasteiger partial charge in [-0.15, -0.1) is 0 Å². The third-order valence-electron chi connectivity index (χ3n) is 5.48. The smallest absolute Gasteiger partial charge is 0.344 e. The van der Waals surface area contributed by atoms with Crippen molar-refractivity contribution in [1.82, 2.24) is 0 Å². The lowest BCUT2D eigenvalue weighted by atomic mass is 9.79. The number of carbonyl (C=O) groups is 2. The summed E-state index contributed by atoms with van der Waals surface area (Å²) in [6.45, 7) is 2.59. The summed E-state index contributed by atoms with van der Waals surface area (Å²) in [6.07, 6.45) is 7.63. The number of hydrogen-bond donors (Lipinski definition) is 0. The van der Waals surface area contributed by atoms with E-state index in [1.807, 2.05) is 12.2 Å². The number of ketones is 1. The molecule has 7 heteroatoms. The summed E-state index contributed by atoms with van der Waals surface area (Å²) in [4.78, 5) is 25.1. The Labute approximate surface area is 175 Å². The van der Waals surface area contributed by atoms with Crippen LogP contribution >= 0.6 is 0 Å². The van der Waals surface area contributed by atoms with Crippen LogP contribution in [0.3, 0.4) is 0 Å². The van der Waals surface area contributed by atoms with Gasteiger partial charge in [-0.2, -0.15) is 0 Å². The third kappa shape index (κ3) is 4.15. The molecule has 0 spiro atoms. The highest BCUT2D eigenvalue weighted by atomic mass is 16.6. The molecule has 160 valence electrons. The topological polar surface area (TPSA) is 80.3 Å². The Bertz CT molecular complexity index is 882. The Morgan fingerprint density at radius 3 is 2.77 bits per heavy atom. The van der Waals surface area contributed by atoms with Crippen molar-refractivity contribution < 1.29 is 33.3 Å². The van der Waals surface area contributed by atoms with Gasteiger partial charge >= 0.3 is 5.97 Å². The van der Waals surface area contributed by atoms with Crippen molar-refractivity contribution >= 4 is 11.8 Å². The molecule has 2 atom stereocenters. The first-order chi connectivity index (χ1) is 14.6. The molecule has 1 fully saturated rings. The lowest BCUT2D eigenvalue weighted by Crippen LogP contribution is -2.27. The molecule has 2 aliphatic carbocycles. The minimum absolute atomic E-state index is 0.0283. The van der Waals surface area contributed by atoms with E-state index in [1.165, 1.54) is 0 Å². The van der Waals surface area contributed by atoms with Gasteiger partial charge in [-0.3, -0.25) is 4.79 Å². The molecular formula is C23H26O7. The summed E-state index contributed by atoms with van der Waals surface area (Å²) >= 11 is 0. The fraction of sp³-hybridized carbons (Fsp3) is 0.478. The molecule has 2 unspecified atom stereocenters. The number of hydrogen-bond acceptors (Lipinski definition) is 7. The van der Waals surface area contributed by atoms with Crippen LogP contribution in [0.1, 0.15) is 31.2 Å². The summed E-state index contributed by atoms with van der Waals surface area (Å²) in [5.74, 6) is 0.482. The van der Waals surface area contributed by atoms with Gasteiger partial charge in [0.1, 0.15) is 6.61 Å². The predicted molar refractivity (Wildman–Crippen MR) is 108 cm³/mol. The number of esters is 1. The van der Waals surface area contributed by atoms with Crippen molar-refractivity contribution in [3.8, 4) is 17.2 Å². The number of allylic oxidation sites excluding steroid dienone is 2. The van der Waals surface area contributed by atoms with Crippen molar-refractivity contribution in [2.75, 3.05) is 33.5 Å². The van der Waals surface area contributed by atoms with E-state index >= 15 is 0 Å². The van der Waals surface area contributed by atoms with Crippen molar-refractivity contribution in [2.24, 2.45) is 11.8 Å². The maximum absolute atomic E-state index is 13.2. The monoisotopic (exact) mass is 414 g/mol. The molecule has 1 aromatic rings. The van der Waals surface area contributed by atoms with Crippen LogP contribution in [-0.4, -0.2) is 45.3 Å². The van der Waals surface area contributed by atoms with Crippen LogP contribution < -0.4 is 14.2 Å². The van der Waals surface area contributed by atoms with Crippen LogP contribution in [0.2, 0.25) is 0 Å². The van der Waals surface area contributed by atoms with E-state index in [9.17, 15) is 9.59 Å². The average Bonchev–Trinajstić information content (AvgIpc) is 3.45. The zero-order chi connectivity index (χ0) is 21.1. The summed E-state index contributed by atoms with van der Waals surface area (Å²) in [6, 6.07) is 3.56. The Kier molecular flexibility index (Phi) is 5.97. The van der Waals surface area contributed by atoms with Crippen molar-refractivity contribution in [3.05, 3.63) is 41.7 Å². The second-order valence-corrected chi connectivity index (χ2v) is 7.61. The van der Waals surface area contributed by atoms with Gasteiger partial charge in [0.05, 0.1) is 38.4 Å². The van der Waals surface area contributed by atoms with Crippen molar-refractivity contribution in [3.63, 3.8) is 0 Å². The molecule has 4 rings (SSSR count). The first kappa shape index (κ1) is 20.3. The van der Waals surface area contributed by atoms with Crippen LogP contribution in [0.4, 0.5) is 0 Å². The summed E-state index contributed by atoms with van der Waals surface area (Å²) in [5, 5.41) is 0. The largest absolute Gasteiger partial charge is 0.500 e. The zero-order valence-corrected chi connectivity index (χ0v) is 17.2. The van der Waals surface area contributed by atoms with E-state index in [0.29, 0.717) is 41.9 Å². The standard InChI is InChI=1S/C23H26O7/c1-3-28-20(24)13-30-22-17(16-7-6-15-11-27-12-18(15)21(16)25)8-9-19(26-2)23(22)29-10-14-4-5-14/h6-9,11,14,16,18H,3-5,10,12-13H2,1-2H3. The highest BCUT2D eigenvalue weighted by molar-refractivity contribution is 5.95. The van der Waals surface area contributed by atoms with E-state index in [2.05, 4.69) is 0 Å². The van der Waals surface area contributed by atoms with E-state index in [4.69, 9.17) is 23.7 Å². The second-order valence-electron chi connectivity index (χ2n) is 7.61. The Hall–Kier alpha value is -2.96. The molecule has 0 bridgehead atoms. The number of rotatable bonds is 9. The minimum Gasteiger partial charge on any atom is -0.500 e. The van der Waals surface area contributed by atoms with Crippen LogP contribution in [0.15, 0.2) is 36.1 Å². The molecule has 1 aliphatic heterocycles. The van der Waals surface area contributed by atoms with E-state index in [1.54, 1.807) is 32.4 Å². The fourth-order valence-corrected chi connectivity index (χ4v) is 3.67. The molecule has 0 radical (unpaired) electrons. The van der Waals surface area contributed by atoms with E-state index in [0.717, 1.165) is 18.4 Å².